The second kappa shape index (κ2) is 9.79. The van der Waals surface area contributed by atoms with Gasteiger partial charge in [0.25, 0.3) is 11.8 Å². The summed E-state index contributed by atoms with van der Waals surface area (Å²) < 4.78 is 5.61. The Morgan fingerprint density at radius 2 is 1.70 bits per heavy atom. The third-order valence-corrected chi connectivity index (χ3v) is 5.82. The Morgan fingerprint density at radius 1 is 1.03 bits per heavy atom. The first-order valence-electron chi connectivity index (χ1n) is 10.7. The maximum absolute atomic E-state index is 12.7. The Morgan fingerprint density at radius 3 is 2.30 bits per heavy atom. The number of hydrogen-bond acceptors (Lipinski definition) is 3. The zero-order valence-electron chi connectivity index (χ0n) is 18.4. The van der Waals surface area contributed by atoms with Gasteiger partial charge in [0, 0.05) is 24.7 Å². The normalized spacial score (nSPS) is 14.6. The van der Waals surface area contributed by atoms with E-state index in [-0.39, 0.29) is 24.5 Å². The molecule has 0 spiro atoms. The summed E-state index contributed by atoms with van der Waals surface area (Å²) in [5.41, 5.74) is 4.30. The third kappa shape index (κ3) is 5.62. The summed E-state index contributed by atoms with van der Waals surface area (Å²) in [4.78, 5) is 26.9. The molecule has 0 bridgehead atoms. The molecule has 2 aromatic rings. The van der Waals surface area contributed by atoms with Gasteiger partial charge in [0.2, 0.25) is 0 Å². The lowest BCUT2D eigenvalue weighted by Crippen LogP contribution is -2.47. The smallest absolute Gasteiger partial charge is 0.258 e. The van der Waals surface area contributed by atoms with Gasteiger partial charge < -0.3 is 15.0 Å². The molecular formula is C25H32N2O3. The van der Waals surface area contributed by atoms with Gasteiger partial charge in [-0.1, -0.05) is 32.0 Å². The Kier molecular flexibility index (Phi) is 7.14. The molecule has 1 aliphatic rings. The number of likely N-dealkylation sites (tertiary alicyclic amines) is 1. The van der Waals surface area contributed by atoms with E-state index < -0.39 is 0 Å². The maximum atomic E-state index is 12.7. The SMILES string of the molecule is Cc1ccc(OCC(=O)NC2CCN(C(=O)c3ccc(C(C)C)cc3)CC2)cc1C. The molecule has 3 rings (SSSR count). The predicted molar refractivity (Wildman–Crippen MR) is 119 cm³/mol. The lowest BCUT2D eigenvalue weighted by atomic mass is 10.0. The minimum absolute atomic E-state index is 0.00382. The van der Waals surface area contributed by atoms with E-state index in [0.29, 0.717) is 24.8 Å². The predicted octanol–water partition coefficient (Wildman–Crippen LogP) is 4.23. The number of carbonyl (C=O) groups excluding carboxylic acids is 2. The lowest BCUT2D eigenvalue weighted by molar-refractivity contribution is -0.124. The van der Waals surface area contributed by atoms with Crippen LogP contribution in [0.1, 0.15) is 59.7 Å². The van der Waals surface area contributed by atoms with Gasteiger partial charge in [-0.25, -0.2) is 0 Å². The van der Waals surface area contributed by atoms with Crippen molar-refractivity contribution >= 4 is 11.8 Å². The van der Waals surface area contributed by atoms with Crippen LogP contribution >= 0.6 is 0 Å². The van der Waals surface area contributed by atoms with Crippen molar-refractivity contribution in [1.29, 1.82) is 0 Å². The van der Waals surface area contributed by atoms with Gasteiger partial charge in [0.05, 0.1) is 0 Å². The van der Waals surface area contributed by atoms with Crippen LogP contribution in [0.25, 0.3) is 0 Å². The molecule has 5 nitrogen and oxygen atoms in total. The molecule has 1 aliphatic heterocycles. The molecule has 1 fully saturated rings. The fourth-order valence-corrected chi connectivity index (χ4v) is 3.64. The standard InChI is InChI=1S/C25H32N2O3/c1-17(2)20-6-8-21(9-7-20)25(29)27-13-11-22(12-14-27)26-24(28)16-30-23-10-5-18(3)19(4)15-23/h5-10,15,17,22H,11-14,16H2,1-4H3,(H,26,28). The van der Waals surface area contributed by atoms with Crippen LogP contribution in [0.15, 0.2) is 42.5 Å². The minimum atomic E-state index is -0.123. The zero-order chi connectivity index (χ0) is 21.7. The second-order valence-electron chi connectivity index (χ2n) is 8.45. The van der Waals surface area contributed by atoms with Crippen molar-refractivity contribution in [3.8, 4) is 5.75 Å². The van der Waals surface area contributed by atoms with Crippen LogP contribution in [0.3, 0.4) is 0 Å². The largest absolute Gasteiger partial charge is 0.484 e. The van der Waals surface area contributed by atoms with Crippen molar-refractivity contribution in [2.24, 2.45) is 0 Å². The van der Waals surface area contributed by atoms with Crippen molar-refractivity contribution < 1.29 is 14.3 Å². The van der Waals surface area contributed by atoms with E-state index in [1.807, 2.05) is 61.2 Å². The highest BCUT2D eigenvalue weighted by Gasteiger charge is 2.24. The van der Waals surface area contributed by atoms with Gasteiger partial charge in [0.1, 0.15) is 5.75 Å². The number of amides is 2. The van der Waals surface area contributed by atoms with E-state index in [1.165, 1.54) is 11.1 Å². The maximum Gasteiger partial charge on any atom is 0.258 e. The summed E-state index contributed by atoms with van der Waals surface area (Å²) in [6.07, 6.45) is 1.51. The summed E-state index contributed by atoms with van der Waals surface area (Å²) in [6, 6.07) is 13.8. The fourth-order valence-electron chi connectivity index (χ4n) is 3.64. The van der Waals surface area contributed by atoms with Gasteiger partial charge >= 0.3 is 0 Å². The summed E-state index contributed by atoms with van der Waals surface area (Å²) in [6.45, 7) is 9.65. The first-order valence-corrected chi connectivity index (χ1v) is 10.7. The van der Waals surface area contributed by atoms with Crippen LogP contribution in [-0.2, 0) is 4.79 Å². The second-order valence-corrected chi connectivity index (χ2v) is 8.45. The van der Waals surface area contributed by atoms with Crippen LogP contribution in [0.5, 0.6) is 5.75 Å². The molecule has 30 heavy (non-hydrogen) atoms. The Balaban J connectivity index is 1.43. The van der Waals surface area contributed by atoms with E-state index in [1.54, 1.807) is 0 Å². The summed E-state index contributed by atoms with van der Waals surface area (Å²) >= 11 is 0. The van der Waals surface area contributed by atoms with Crippen molar-refractivity contribution in [3.05, 3.63) is 64.7 Å². The zero-order valence-corrected chi connectivity index (χ0v) is 18.4. The van der Waals surface area contributed by atoms with E-state index in [2.05, 4.69) is 19.2 Å². The molecule has 1 heterocycles. The number of piperidine rings is 1. The van der Waals surface area contributed by atoms with E-state index in [4.69, 9.17) is 4.74 Å². The van der Waals surface area contributed by atoms with Crippen molar-refractivity contribution in [1.82, 2.24) is 10.2 Å². The molecule has 0 unspecified atom stereocenters. The lowest BCUT2D eigenvalue weighted by Gasteiger charge is -2.32. The molecule has 2 amide bonds. The Hall–Kier alpha value is -2.82. The highest BCUT2D eigenvalue weighted by atomic mass is 16.5. The van der Waals surface area contributed by atoms with E-state index in [0.717, 1.165) is 24.0 Å². The third-order valence-electron chi connectivity index (χ3n) is 5.82. The number of hydrogen-bond donors (Lipinski definition) is 1. The van der Waals surface area contributed by atoms with Crippen molar-refractivity contribution in [2.75, 3.05) is 19.7 Å². The molecule has 0 aromatic heterocycles. The molecule has 1 N–H and O–H groups in total. The van der Waals surface area contributed by atoms with Crippen LogP contribution in [0.4, 0.5) is 0 Å². The van der Waals surface area contributed by atoms with Crippen LogP contribution in [-0.4, -0.2) is 42.5 Å². The minimum Gasteiger partial charge on any atom is -0.484 e. The average molecular weight is 409 g/mol. The first kappa shape index (κ1) is 21.9. The monoisotopic (exact) mass is 408 g/mol. The molecule has 160 valence electrons. The van der Waals surface area contributed by atoms with Crippen molar-refractivity contribution in [3.63, 3.8) is 0 Å². The van der Waals surface area contributed by atoms with Gasteiger partial charge in [0.15, 0.2) is 6.61 Å². The van der Waals surface area contributed by atoms with Gasteiger partial charge in [-0.05, 0) is 73.6 Å². The molecule has 5 heteroatoms. The van der Waals surface area contributed by atoms with Crippen LogP contribution < -0.4 is 10.1 Å². The molecular weight excluding hydrogens is 376 g/mol. The van der Waals surface area contributed by atoms with E-state index in [9.17, 15) is 9.59 Å². The van der Waals surface area contributed by atoms with Crippen molar-refractivity contribution in [2.45, 2.75) is 52.5 Å². The highest BCUT2D eigenvalue weighted by Crippen LogP contribution is 2.19. The molecule has 0 aliphatic carbocycles. The topological polar surface area (TPSA) is 58.6 Å². The summed E-state index contributed by atoms with van der Waals surface area (Å²) in [5.74, 6) is 1.10. The average Bonchev–Trinajstić information content (AvgIpc) is 2.74. The number of benzene rings is 2. The highest BCUT2D eigenvalue weighted by molar-refractivity contribution is 5.94. The number of nitrogens with one attached hydrogen (secondary N) is 1. The van der Waals surface area contributed by atoms with Gasteiger partial charge in [-0.3, -0.25) is 9.59 Å². The summed E-state index contributed by atoms with van der Waals surface area (Å²) in [7, 11) is 0. The Labute approximate surface area is 179 Å². The van der Waals surface area contributed by atoms with Crippen LogP contribution in [0.2, 0.25) is 0 Å². The Bertz CT molecular complexity index is 882. The molecule has 0 radical (unpaired) electrons. The molecule has 2 aromatic carbocycles. The van der Waals surface area contributed by atoms with Crippen LogP contribution in [0, 0.1) is 13.8 Å². The van der Waals surface area contributed by atoms with Gasteiger partial charge in [-0.15, -0.1) is 0 Å². The first-order chi connectivity index (χ1) is 14.3. The number of carbonyl (C=O) groups is 2. The molecule has 1 saturated heterocycles. The van der Waals surface area contributed by atoms with Gasteiger partial charge in [-0.2, -0.15) is 0 Å². The molecule has 0 saturated carbocycles. The molecule has 0 atom stereocenters. The fraction of sp³-hybridized carbons (Fsp3) is 0.440. The quantitative estimate of drug-likeness (QED) is 0.778. The number of aryl methyl sites for hydroxylation is 2. The summed E-state index contributed by atoms with van der Waals surface area (Å²) in [5, 5.41) is 3.03. The van der Waals surface area contributed by atoms with E-state index >= 15 is 0 Å². The number of ether oxygens (including phenoxy) is 1. The number of rotatable bonds is 6. The number of nitrogens with zero attached hydrogens (tertiary/aromatic N) is 1.